The smallest absolute Gasteiger partial charge is 0.122 e. The monoisotopic (exact) mass is 271 g/mol. The summed E-state index contributed by atoms with van der Waals surface area (Å²) >= 11 is 0. The van der Waals surface area contributed by atoms with Crippen molar-refractivity contribution in [1.82, 2.24) is 5.32 Å². The molecule has 20 heavy (non-hydrogen) atoms. The summed E-state index contributed by atoms with van der Waals surface area (Å²) in [7, 11) is 1.80. The number of nitrogens with one attached hydrogen (secondary N) is 1. The van der Waals surface area contributed by atoms with Gasteiger partial charge in [0.1, 0.15) is 5.75 Å². The Morgan fingerprint density at radius 3 is 2.90 bits per heavy atom. The maximum absolute atomic E-state index is 5.65. The molecule has 1 N–H and O–H groups in total. The third kappa shape index (κ3) is 2.76. The van der Waals surface area contributed by atoms with Gasteiger partial charge in [-0.25, -0.2) is 0 Å². The first kappa shape index (κ1) is 13.7. The van der Waals surface area contributed by atoms with Crippen LogP contribution in [0.4, 0.5) is 0 Å². The summed E-state index contributed by atoms with van der Waals surface area (Å²) in [6.45, 7) is 4.73. The molecule has 1 fully saturated rings. The van der Waals surface area contributed by atoms with Gasteiger partial charge in [0.05, 0.1) is 7.11 Å². The Morgan fingerprint density at radius 2 is 2.20 bits per heavy atom. The van der Waals surface area contributed by atoms with Crippen LogP contribution in [0.2, 0.25) is 0 Å². The maximum Gasteiger partial charge on any atom is 0.122 e. The standard InChI is InChI=1S/C18H25NO/c1-3-11-19-16-10-9-14-5-4-6-17(20-2)18(14)15(16)12-13-7-8-13/h3-6,13,15-16,19H,1,7-12H2,2H3/t15-,16-/m1/s1. The summed E-state index contributed by atoms with van der Waals surface area (Å²) in [6.07, 6.45) is 8.48. The molecule has 0 heterocycles. The first-order chi connectivity index (χ1) is 9.83. The summed E-state index contributed by atoms with van der Waals surface area (Å²) in [4.78, 5) is 0. The maximum atomic E-state index is 5.65. The minimum absolute atomic E-state index is 0.567. The molecule has 2 nitrogen and oxygen atoms in total. The first-order valence-corrected chi connectivity index (χ1v) is 7.83. The van der Waals surface area contributed by atoms with Crippen LogP contribution in [0.5, 0.6) is 5.75 Å². The molecule has 0 bridgehead atoms. The summed E-state index contributed by atoms with van der Waals surface area (Å²) in [5, 5.41) is 3.67. The van der Waals surface area contributed by atoms with E-state index < -0.39 is 0 Å². The van der Waals surface area contributed by atoms with Gasteiger partial charge in [0.2, 0.25) is 0 Å². The predicted molar refractivity (Wildman–Crippen MR) is 83.4 cm³/mol. The Hall–Kier alpha value is -1.28. The van der Waals surface area contributed by atoms with Crippen molar-refractivity contribution in [2.24, 2.45) is 5.92 Å². The fourth-order valence-electron chi connectivity index (χ4n) is 3.59. The van der Waals surface area contributed by atoms with Crippen molar-refractivity contribution in [2.75, 3.05) is 13.7 Å². The van der Waals surface area contributed by atoms with Gasteiger partial charge in [-0.3, -0.25) is 0 Å². The van der Waals surface area contributed by atoms with Gasteiger partial charge < -0.3 is 10.1 Å². The van der Waals surface area contributed by atoms with Crippen molar-refractivity contribution in [3.8, 4) is 5.75 Å². The molecular weight excluding hydrogens is 246 g/mol. The van der Waals surface area contributed by atoms with E-state index in [1.54, 1.807) is 7.11 Å². The van der Waals surface area contributed by atoms with Gasteiger partial charge >= 0.3 is 0 Å². The molecule has 108 valence electrons. The normalized spacial score (nSPS) is 25.1. The highest BCUT2D eigenvalue weighted by atomic mass is 16.5. The molecule has 0 aliphatic heterocycles. The van der Waals surface area contributed by atoms with E-state index in [1.165, 1.54) is 36.8 Å². The zero-order valence-corrected chi connectivity index (χ0v) is 12.4. The number of benzene rings is 1. The summed E-state index contributed by atoms with van der Waals surface area (Å²) in [6, 6.07) is 7.09. The average molecular weight is 271 g/mol. The summed E-state index contributed by atoms with van der Waals surface area (Å²) < 4.78 is 5.65. The number of aryl methyl sites for hydroxylation is 1. The van der Waals surface area contributed by atoms with Crippen molar-refractivity contribution in [3.05, 3.63) is 42.0 Å². The number of hydrogen-bond donors (Lipinski definition) is 1. The molecule has 2 aliphatic rings. The molecule has 0 unspecified atom stereocenters. The third-order valence-corrected chi connectivity index (χ3v) is 4.77. The van der Waals surface area contributed by atoms with Crippen LogP contribution in [0.25, 0.3) is 0 Å². The first-order valence-electron chi connectivity index (χ1n) is 7.83. The fraction of sp³-hybridized carbons (Fsp3) is 0.556. The Balaban J connectivity index is 1.90. The number of hydrogen-bond acceptors (Lipinski definition) is 2. The molecule has 0 saturated heterocycles. The van der Waals surface area contributed by atoms with Crippen LogP contribution in [0.3, 0.4) is 0 Å². The highest BCUT2D eigenvalue weighted by Gasteiger charge is 2.35. The lowest BCUT2D eigenvalue weighted by atomic mass is 9.76. The van der Waals surface area contributed by atoms with E-state index in [4.69, 9.17) is 4.74 Å². The van der Waals surface area contributed by atoms with Crippen LogP contribution in [-0.2, 0) is 6.42 Å². The van der Waals surface area contributed by atoms with Gasteiger partial charge in [-0.15, -0.1) is 6.58 Å². The lowest BCUT2D eigenvalue weighted by Gasteiger charge is -2.35. The van der Waals surface area contributed by atoms with Gasteiger partial charge in [0, 0.05) is 24.1 Å². The molecule has 1 aromatic carbocycles. The van der Waals surface area contributed by atoms with E-state index in [-0.39, 0.29) is 0 Å². The van der Waals surface area contributed by atoms with Gasteiger partial charge in [-0.1, -0.05) is 31.1 Å². The fourth-order valence-corrected chi connectivity index (χ4v) is 3.59. The zero-order valence-electron chi connectivity index (χ0n) is 12.4. The second-order valence-corrected chi connectivity index (χ2v) is 6.16. The molecule has 1 aromatic rings. The lowest BCUT2D eigenvalue weighted by molar-refractivity contribution is 0.347. The van der Waals surface area contributed by atoms with Crippen molar-refractivity contribution >= 4 is 0 Å². The quantitative estimate of drug-likeness (QED) is 0.797. The lowest BCUT2D eigenvalue weighted by Crippen LogP contribution is -2.39. The molecule has 2 aliphatic carbocycles. The second-order valence-electron chi connectivity index (χ2n) is 6.16. The van der Waals surface area contributed by atoms with Crippen molar-refractivity contribution in [3.63, 3.8) is 0 Å². The van der Waals surface area contributed by atoms with Gasteiger partial charge in [0.15, 0.2) is 0 Å². The highest BCUT2D eigenvalue weighted by Crippen LogP contribution is 2.46. The number of ether oxygens (including phenoxy) is 1. The van der Waals surface area contributed by atoms with E-state index in [9.17, 15) is 0 Å². The van der Waals surface area contributed by atoms with E-state index in [0.29, 0.717) is 12.0 Å². The number of methoxy groups -OCH3 is 1. The molecule has 3 rings (SSSR count). The van der Waals surface area contributed by atoms with Crippen LogP contribution in [0.15, 0.2) is 30.9 Å². The Morgan fingerprint density at radius 1 is 1.35 bits per heavy atom. The van der Waals surface area contributed by atoms with Crippen LogP contribution >= 0.6 is 0 Å². The SMILES string of the molecule is C=CCN[C@@H]1CCc2cccc(OC)c2[C@@H]1CC1CC1. The largest absolute Gasteiger partial charge is 0.496 e. The minimum Gasteiger partial charge on any atom is -0.496 e. The molecular formula is C18H25NO. The Bertz CT molecular complexity index is 464. The Labute approximate surface area is 122 Å². The van der Waals surface area contributed by atoms with Crippen LogP contribution in [0.1, 0.15) is 42.7 Å². The van der Waals surface area contributed by atoms with Crippen LogP contribution < -0.4 is 10.1 Å². The van der Waals surface area contributed by atoms with E-state index in [0.717, 1.165) is 24.6 Å². The summed E-state index contributed by atoms with van der Waals surface area (Å²) in [5.74, 6) is 2.62. The molecule has 2 atom stereocenters. The molecule has 0 spiro atoms. The van der Waals surface area contributed by atoms with Crippen LogP contribution in [-0.4, -0.2) is 19.7 Å². The predicted octanol–water partition coefficient (Wildman–Crippen LogP) is 3.67. The van der Waals surface area contributed by atoms with Crippen molar-refractivity contribution < 1.29 is 4.74 Å². The zero-order chi connectivity index (χ0) is 13.9. The third-order valence-electron chi connectivity index (χ3n) is 4.77. The van der Waals surface area contributed by atoms with Gasteiger partial charge in [-0.2, -0.15) is 0 Å². The molecule has 0 radical (unpaired) electrons. The van der Waals surface area contributed by atoms with E-state index >= 15 is 0 Å². The van der Waals surface area contributed by atoms with E-state index in [1.807, 2.05) is 6.08 Å². The molecule has 0 aromatic heterocycles. The topological polar surface area (TPSA) is 21.3 Å². The molecule has 0 amide bonds. The molecule has 1 saturated carbocycles. The minimum atomic E-state index is 0.567. The van der Waals surface area contributed by atoms with E-state index in [2.05, 4.69) is 30.1 Å². The van der Waals surface area contributed by atoms with Crippen LogP contribution in [0, 0.1) is 5.92 Å². The van der Waals surface area contributed by atoms with Crippen molar-refractivity contribution in [2.45, 2.75) is 44.1 Å². The molecule has 2 heteroatoms. The number of fused-ring (bicyclic) bond motifs is 1. The van der Waals surface area contributed by atoms with Gasteiger partial charge in [0.25, 0.3) is 0 Å². The number of rotatable bonds is 6. The highest BCUT2D eigenvalue weighted by molar-refractivity contribution is 5.45. The van der Waals surface area contributed by atoms with Gasteiger partial charge in [-0.05, 0) is 36.8 Å². The second kappa shape index (κ2) is 6.01. The van der Waals surface area contributed by atoms with Crippen molar-refractivity contribution in [1.29, 1.82) is 0 Å². The average Bonchev–Trinajstić information content (AvgIpc) is 3.29. The summed E-state index contributed by atoms with van der Waals surface area (Å²) in [5.41, 5.74) is 2.96. The Kier molecular flexibility index (Phi) is 4.11.